The molecule has 0 aliphatic carbocycles. The van der Waals surface area contributed by atoms with Gasteiger partial charge in [0, 0.05) is 16.1 Å². The van der Waals surface area contributed by atoms with Gasteiger partial charge in [-0.2, -0.15) is 0 Å². The zero-order valence-electron chi connectivity index (χ0n) is 12.0. The Balaban J connectivity index is 2.78. The van der Waals surface area contributed by atoms with Gasteiger partial charge in [-0.3, -0.25) is 4.79 Å². The van der Waals surface area contributed by atoms with E-state index in [4.69, 9.17) is 0 Å². The molecule has 0 bridgehead atoms. The minimum atomic E-state index is -0.737. The molecule has 0 aromatic heterocycles. The van der Waals surface area contributed by atoms with Gasteiger partial charge in [0.25, 0.3) is 0 Å². The molecule has 1 unspecified atom stereocenters. The standard InChI is InChI=1S/C15H17BrFNO3/c1-9(2)14(15(20)21-3)18-13(19)7-4-10-8-11(16)5-6-12(10)17/h4-9,14H,1-3H3,(H,18,19). The van der Waals surface area contributed by atoms with Crippen LogP contribution < -0.4 is 5.32 Å². The van der Waals surface area contributed by atoms with Crippen LogP contribution in [0.15, 0.2) is 28.7 Å². The summed E-state index contributed by atoms with van der Waals surface area (Å²) in [6.45, 7) is 3.58. The number of carbonyl (C=O) groups excluding carboxylic acids is 2. The summed E-state index contributed by atoms with van der Waals surface area (Å²) in [6.07, 6.45) is 2.53. The minimum Gasteiger partial charge on any atom is -0.467 e. The normalized spacial score (nSPS) is 12.5. The number of hydrogen-bond acceptors (Lipinski definition) is 3. The van der Waals surface area contributed by atoms with E-state index in [1.54, 1.807) is 26.0 Å². The monoisotopic (exact) mass is 357 g/mol. The Morgan fingerprint density at radius 3 is 2.62 bits per heavy atom. The van der Waals surface area contributed by atoms with Gasteiger partial charge in [-0.15, -0.1) is 0 Å². The molecule has 1 aromatic carbocycles. The average Bonchev–Trinajstić information content (AvgIpc) is 2.44. The Morgan fingerprint density at radius 1 is 1.38 bits per heavy atom. The number of halogens is 2. The number of amides is 1. The summed E-state index contributed by atoms with van der Waals surface area (Å²) in [4.78, 5) is 23.3. The van der Waals surface area contributed by atoms with Gasteiger partial charge < -0.3 is 10.1 Å². The van der Waals surface area contributed by atoms with Crippen LogP contribution in [0.4, 0.5) is 4.39 Å². The summed E-state index contributed by atoms with van der Waals surface area (Å²) in [7, 11) is 1.26. The van der Waals surface area contributed by atoms with Gasteiger partial charge in [0.15, 0.2) is 0 Å². The first-order chi connectivity index (χ1) is 9.85. The van der Waals surface area contributed by atoms with Crippen molar-refractivity contribution in [1.82, 2.24) is 5.32 Å². The Bertz CT molecular complexity index is 558. The van der Waals surface area contributed by atoms with Gasteiger partial charge in [-0.1, -0.05) is 29.8 Å². The SMILES string of the molecule is COC(=O)C(NC(=O)C=Cc1cc(Br)ccc1F)C(C)C. The summed E-state index contributed by atoms with van der Waals surface area (Å²) in [5.74, 6) is -1.55. The molecule has 21 heavy (non-hydrogen) atoms. The fourth-order valence-corrected chi connectivity index (χ4v) is 2.01. The minimum absolute atomic E-state index is 0.114. The van der Waals surface area contributed by atoms with Gasteiger partial charge in [0.2, 0.25) is 5.91 Å². The molecule has 0 saturated heterocycles. The second-order valence-corrected chi connectivity index (χ2v) is 5.67. The molecule has 1 rings (SSSR count). The van der Waals surface area contributed by atoms with Crippen LogP contribution in [0.25, 0.3) is 6.08 Å². The van der Waals surface area contributed by atoms with Crippen molar-refractivity contribution in [3.8, 4) is 0 Å². The smallest absolute Gasteiger partial charge is 0.328 e. The Kier molecular flexibility index (Phi) is 6.55. The summed E-state index contributed by atoms with van der Waals surface area (Å²) < 4.78 is 18.9. The number of ether oxygens (including phenoxy) is 1. The molecule has 6 heteroatoms. The van der Waals surface area contributed by atoms with Gasteiger partial charge in [0.05, 0.1) is 7.11 Å². The van der Waals surface area contributed by atoms with E-state index in [1.807, 2.05) is 0 Å². The number of hydrogen-bond donors (Lipinski definition) is 1. The van der Waals surface area contributed by atoms with Crippen LogP contribution in [-0.4, -0.2) is 25.0 Å². The number of benzene rings is 1. The van der Waals surface area contributed by atoms with E-state index in [0.29, 0.717) is 4.47 Å². The highest BCUT2D eigenvalue weighted by atomic mass is 79.9. The van der Waals surface area contributed by atoms with E-state index in [1.165, 1.54) is 25.3 Å². The van der Waals surface area contributed by atoms with E-state index in [0.717, 1.165) is 0 Å². The highest BCUT2D eigenvalue weighted by Gasteiger charge is 2.23. The quantitative estimate of drug-likeness (QED) is 0.651. The lowest BCUT2D eigenvalue weighted by Gasteiger charge is -2.18. The summed E-state index contributed by atoms with van der Waals surface area (Å²) in [5, 5.41) is 2.54. The summed E-state index contributed by atoms with van der Waals surface area (Å²) >= 11 is 3.23. The van der Waals surface area contributed by atoms with Crippen molar-refractivity contribution in [2.75, 3.05) is 7.11 Å². The maximum absolute atomic E-state index is 13.5. The zero-order chi connectivity index (χ0) is 16.0. The van der Waals surface area contributed by atoms with Crippen molar-refractivity contribution in [2.45, 2.75) is 19.9 Å². The van der Waals surface area contributed by atoms with Crippen molar-refractivity contribution < 1.29 is 18.7 Å². The van der Waals surface area contributed by atoms with Crippen LogP contribution in [-0.2, 0) is 14.3 Å². The molecule has 0 aliphatic rings. The lowest BCUT2D eigenvalue weighted by Crippen LogP contribution is -2.44. The van der Waals surface area contributed by atoms with Crippen LogP contribution in [0.2, 0.25) is 0 Å². The van der Waals surface area contributed by atoms with Crippen LogP contribution in [0.1, 0.15) is 19.4 Å². The van der Waals surface area contributed by atoms with E-state index >= 15 is 0 Å². The number of methoxy groups -OCH3 is 1. The van der Waals surface area contributed by atoms with Crippen LogP contribution in [0.5, 0.6) is 0 Å². The molecule has 0 radical (unpaired) electrons. The molecular formula is C15H17BrFNO3. The number of carbonyl (C=O) groups is 2. The molecule has 0 heterocycles. The van der Waals surface area contributed by atoms with Crippen molar-refractivity contribution >= 4 is 33.9 Å². The van der Waals surface area contributed by atoms with Crippen molar-refractivity contribution in [3.63, 3.8) is 0 Å². The molecule has 0 spiro atoms. The summed E-state index contributed by atoms with van der Waals surface area (Å²) in [5.41, 5.74) is 0.277. The maximum atomic E-state index is 13.5. The molecular weight excluding hydrogens is 341 g/mol. The van der Waals surface area contributed by atoms with Gasteiger partial charge in [-0.05, 0) is 30.2 Å². The first-order valence-corrected chi connectivity index (χ1v) is 7.16. The third kappa shape index (κ3) is 5.30. The first-order valence-electron chi connectivity index (χ1n) is 6.36. The highest BCUT2D eigenvalue weighted by Crippen LogP contribution is 2.16. The zero-order valence-corrected chi connectivity index (χ0v) is 13.6. The number of rotatable bonds is 5. The lowest BCUT2D eigenvalue weighted by atomic mass is 10.0. The second-order valence-electron chi connectivity index (χ2n) is 4.75. The average molecular weight is 358 g/mol. The highest BCUT2D eigenvalue weighted by molar-refractivity contribution is 9.10. The summed E-state index contributed by atoms with van der Waals surface area (Å²) in [6, 6.07) is 3.69. The molecule has 114 valence electrons. The number of esters is 1. The van der Waals surface area contributed by atoms with Gasteiger partial charge in [0.1, 0.15) is 11.9 Å². The van der Waals surface area contributed by atoms with E-state index in [-0.39, 0.29) is 11.5 Å². The molecule has 0 saturated carbocycles. The molecule has 1 N–H and O–H groups in total. The predicted octanol–water partition coefficient (Wildman–Crippen LogP) is 2.92. The van der Waals surface area contributed by atoms with E-state index < -0.39 is 23.7 Å². The third-order valence-corrected chi connectivity index (χ3v) is 3.29. The van der Waals surface area contributed by atoms with E-state index in [9.17, 15) is 14.0 Å². The first kappa shape index (κ1) is 17.4. The molecule has 0 fully saturated rings. The molecule has 1 amide bonds. The van der Waals surface area contributed by atoms with Crippen molar-refractivity contribution in [2.24, 2.45) is 5.92 Å². The lowest BCUT2D eigenvalue weighted by molar-refractivity contribution is -0.145. The molecule has 1 aromatic rings. The van der Waals surface area contributed by atoms with Crippen LogP contribution in [0.3, 0.4) is 0 Å². The second kappa shape index (κ2) is 7.93. The van der Waals surface area contributed by atoms with Crippen LogP contribution >= 0.6 is 15.9 Å². The molecule has 0 aliphatic heterocycles. The van der Waals surface area contributed by atoms with Crippen LogP contribution in [0, 0.1) is 11.7 Å². The largest absolute Gasteiger partial charge is 0.467 e. The molecule has 4 nitrogen and oxygen atoms in total. The topological polar surface area (TPSA) is 55.4 Å². The maximum Gasteiger partial charge on any atom is 0.328 e. The fraction of sp³-hybridized carbons (Fsp3) is 0.333. The Morgan fingerprint density at radius 2 is 2.05 bits per heavy atom. The predicted molar refractivity (Wildman–Crippen MR) is 81.9 cm³/mol. The van der Waals surface area contributed by atoms with Gasteiger partial charge >= 0.3 is 5.97 Å². The Labute approximate surface area is 131 Å². The Hall–Kier alpha value is -1.69. The fourth-order valence-electron chi connectivity index (χ4n) is 1.63. The molecule has 1 atom stereocenters. The van der Waals surface area contributed by atoms with E-state index in [2.05, 4.69) is 26.0 Å². The number of nitrogens with one attached hydrogen (secondary N) is 1. The van der Waals surface area contributed by atoms with Crippen molar-refractivity contribution in [3.05, 3.63) is 40.1 Å². The van der Waals surface area contributed by atoms with Gasteiger partial charge in [-0.25, -0.2) is 9.18 Å². The van der Waals surface area contributed by atoms with Crippen molar-refractivity contribution in [1.29, 1.82) is 0 Å². The third-order valence-electron chi connectivity index (χ3n) is 2.79.